The standard InChI is InChI=1S/C26H34N4O2/c1-15(2)28-19-11-17(10-16-6-8-27-25(32)23(16)19)30-20-12-26(3,4)13-22(31)24(20)18-7-9-29(5)14-21(18)30/h10-11,14-15,20,28H,6-9,12-13H2,1-5H3,(H,27,32). The number of carbonyl (C=O) groups is 2. The van der Waals surface area contributed by atoms with Crippen LogP contribution in [0, 0.1) is 5.41 Å². The van der Waals surface area contributed by atoms with E-state index in [1.807, 2.05) is 0 Å². The topological polar surface area (TPSA) is 64.7 Å². The molecule has 1 amide bonds. The summed E-state index contributed by atoms with van der Waals surface area (Å²) in [6.07, 6.45) is 5.48. The Morgan fingerprint density at radius 1 is 1.19 bits per heavy atom. The van der Waals surface area contributed by atoms with E-state index in [4.69, 9.17) is 0 Å². The first-order chi connectivity index (χ1) is 15.1. The van der Waals surface area contributed by atoms with Gasteiger partial charge in [-0.3, -0.25) is 9.59 Å². The van der Waals surface area contributed by atoms with Crippen molar-refractivity contribution < 1.29 is 9.59 Å². The zero-order valence-corrected chi connectivity index (χ0v) is 19.8. The molecule has 0 saturated heterocycles. The van der Waals surface area contributed by atoms with Crippen LogP contribution in [-0.4, -0.2) is 48.8 Å². The van der Waals surface area contributed by atoms with Crippen LogP contribution in [0.2, 0.25) is 0 Å². The maximum atomic E-state index is 13.3. The third-order valence-corrected chi connectivity index (χ3v) is 7.12. The Hall–Kier alpha value is -2.76. The van der Waals surface area contributed by atoms with Gasteiger partial charge in [-0.1, -0.05) is 13.8 Å². The van der Waals surface area contributed by atoms with E-state index in [1.165, 1.54) is 5.57 Å². The normalized spacial score (nSPS) is 24.2. The Morgan fingerprint density at radius 3 is 2.72 bits per heavy atom. The van der Waals surface area contributed by atoms with Crippen LogP contribution in [0.3, 0.4) is 0 Å². The van der Waals surface area contributed by atoms with Gasteiger partial charge in [-0.15, -0.1) is 0 Å². The summed E-state index contributed by atoms with van der Waals surface area (Å²) in [5.74, 6) is 0.296. The third kappa shape index (κ3) is 3.40. The molecular formula is C26H34N4O2. The van der Waals surface area contributed by atoms with Gasteiger partial charge in [0.15, 0.2) is 5.78 Å². The average molecular weight is 435 g/mol. The summed E-state index contributed by atoms with van der Waals surface area (Å²) in [4.78, 5) is 30.6. The van der Waals surface area contributed by atoms with Gasteiger partial charge in [-0.2, -0.15) is 0 Å². The summed E-state index contributed by atoms with van der Waals surface area (Å²) >= 11 is 0. The number of rotatable bonds is 3. The second-order valence-electron chi connectivity index (χ2n) is 10.8. The van der Waals surface area contributed by atoms with Crippen LogP contribution >= 0.6 is 0 Å². The Labute approximate surface area is 190 Å². The van der Waals surface area contributed by atoms with E-state index in [2.05, 4.69) is 73.5 Å². The van der Waals surface area contributed by atoms with Gasteiger partial charge in [-0.05, 0) is 61.8 Å². The lowest BCUT2D eigenvalue weighted by molar-refractivity contribution is -0.119. The number of fused-ring (bicyclic) bond motifs is 3. The molecule has 0 radical (unpaired) electrons. The van der Waals surface area contributed by atoms with Gasteiger partial charge in [0.2, 0.25) is 0 Å². The highest BCUT2D eigenvalue weighted by atomic mass is 16.1. The van der Waals surface area contributed by atoms with Crippen LogP contribution in [0.25, 0.3) is 0 Å². The molecule has 1 aliphatic carbocycles. The molecular weight excluding hydrogens is 400 g/mol. The van der Waals surface area contributed by atoms with Crippen LogP contribution in [0.15, 0.2) is 35.2 Å². The molecule has 0 aromatic heterocycles. The lowest BCUT2D eigenvalue weighted by atomic mass is 9.71. The molecule has 170 valence electrons. The molecule has 1 saturated carbocycles. The molecule has 0 spiro atoms. The maximum absolute atomic E-state index is 13.3. The number of carbonyl (C=O) groups excluding carboxylic acids is 2. The van der Waals surface area contributed by atoms with E-state index in [1.54, 1.807) is 0 Å². The molecule has 1 atom stereocenters. The van der Waals surface area contributed by atoms with Gasteiger partial charge in [0.25, 0.3) is 5.91 Å². The van der Waals surface area contributed by atoms with Gasteiger partial charge < -0.3 is 20.4 Å². The molecule has 1 aromatic rings. The fraction of sp³-hybridized carbons (Fsp3) is 0.538. The third-order valence-electron chi connectivity index (χ3n) is 7.12. The first kappa shape index (κ1) is 21.1. The smallest absolute Gasteiger partial charge is 0.253 e. The fourth-order valence-electron chi connectivity index (χ4n) is 5.85. The Morgan fingerprint density at radius 2 is 1.97 bits per heavy atom. The number of Topliss-reactive ketones (excluding diaryl/α,β-unsaturated/α-hetero) is 1. The van der Waals surface area contributed by atoms with Crippen molar-refractivity contribution in [3.8, 4) is 0 Å². The highest BCUT2D eigenvalue weighted by Crippen LogP contribution is 2.50. The Kier molecular flexibility index (Phi) is 4.88. The van der Waals surface area contributed by atoms with Crippen molar-refractivity contribution in [2.75, 3.05) is 30.4 Å². The minimum Gasteiger partial charge on any atom is -0.382 e. The lowest BCUT2D eigenvalue weighted by Crippen LogP contribution is -2.42. The SMILES string of the molecule is CC(C)Nc1cc(N2C3=CN(C)CCC3=C3C(=O)CC(C)(C)CC32)cc2c1C(=O)NCC2. The van der Waals surface area contributed by atoms with E-state index >= 15 is 0 Å². The van der Waals surface area contributed by atoms with Crippen molar-refractivity contribution >= 4 is 23.1 Å². The van der Waals surface area contributed by atoms with Crippen LogP contribution in [0.5, 0.6) is 0 Å². The highest BCUT2D eigenvalue weighted by Gasteiger charge is 2.48. The molecule has 0 bridgehead atoms. The summed E-state index contributed by atoms with van der Waals surface area (Å²) in [6.45, 7) is 10.2. The number of hydrogen-bond acceptors (Lipinski definition) is 5. The number of allylic oxidation sites excluding steroid dienone is 1. The molecule has 32 heavy (non-hydrogen) atoms. The lowest BCUT2D eigenvalue weighted by Gasteiger charge is -2.40. The van der Waals surface area contributed by atoms with Crippen molar-refractivity contribution in [1.29, 1.82) is 0 Å². The second kappa shape index (κ2) is 7.39. The molecule has 3 aliphatic heterocycles. The molecule has 1 aromatic carbocycles. The van der Waals surface area contributed by atoms with E-state index < -0.39 is 0 Å². The highest BCUT2D eigenvalue weighted by molar-refractivity contribution is 6.04. The molecule has 6 heteroatoms. The first-order valence-corrected chi connectivity index (χ1v) is 11.8. The minimum absolute atomic E-state index is 0.00697. The summed E-state index contributed by atoms with van der Waals surface area (Å²) in [6, 6.07) is 4.57. The largest absolute Gasteiger partial charge is 0.382 e. The molecule has 4 aliphatic rings. The van der Waals surface area contributed by atoms with E-state index in [-0.39, 0.29) is 23.4 Å². The minimum atomic E-state index is -0.0306. The summed E-state index contributed by atoms with van der Waals surface area (Å²) in [7, 11) is 2.10. The van der Waals surface area contributed by atoms with Crippen molar-refractivity contribution in [2.45, 2.75) is 65.5 Å². The average Bonchev–Trinajstić information content (AvgIpc) is 2.99. The number of amides is 1. The maximum Gasteiger partial charge on any atom is 0.253 e. The van der Waals surface area contributed by atoms with E-state index in [9.17, 15) is 9.59 Å². The van der Waals surface area contributed by atoms with Crippen LogP contribution in [0.1, 0.15) is 62.9 Å². The number of hydrogen-bond donors (Lipinski definition) is 2. The number of benzene rings is 1. The number of ketones is 1. The molecule has 1 fully saturated rings. The summed E-state index contributed by atoms with van der Waals surface area (Å²) < 4.78 is 0. The van der Waals surface area contributed by atoms with Gasteiger partial charge >= 0.3 is 0 Å². The first-order valence-electron chi connectivity index (χ1n) is 11.8. The Bertz CT molecular complexity index is 1070. The fourth-order valence-corrected chi connectivity index (χ4v) is 5.85. The number of nitrogens with zero attached hydrogens (tertiary/aromatic N) is 2. The van der Waals surface area contributed by atoms with Gasteiger partial charge in [0, 0.05) is 55.7 Å². The molecule has 2 N–H and O–H groups in total. The summed E-state index contributed by atoms with van der Waals surface area (Å²) in [5.41, 5.74) is 7.17. The van der Waals surface area contributed by atoms with Crippen LogP contribution < -0.4 is 15.5 Å². The quantitative estimate of drug-likeness (QED) is 0.757. The van der Waals surface area contributed by atoms with E-state index in [0.29, 0.717) is 18.7 Å². The monoisotopic (exact) mass is 434 g/mol. The van der Waals surface area contributed by atoms with Crippen molar-refractivity contribution in [3.63, 3.8) is 0 Å². The number of nitrogens with one attached hydrogen (secondary N) is 2. The predicted octanol–water partition coefficient (Wildman–Crippen LogP) is 3.84. The zero-order chi connectivity index (χ0) is 22.8. The van der Waals surface area contributed by atoms with Crippen molar-refractivity contribution in [3.05, 3.63) is 46.3 Å². The molecule has 6 nitrogen and oxygen atoms in total. The molecule has 1 unspecified atom stereocenters. The molecule has 5 rings (SSSR count). The van der Waals surface area contributed by atoms with Gasteiger partial charge in [0.1, 0.15) is 0 Å². The van der Waals surface area contributed by atoms with Crippen molar-refractivity contribution in [2.24, 2.45) is 5.41 Å². The predicted molar refractivity (Wildman–Crippen MR) is 128 cm³/mol. The zero-order valence-electron chi connectivity index (χ0n) is 19.8. The summed E-state index contributed by atoms with van der Waals surface area (Å²) in [5, 5.41) is 6.50. The Balaban J connectivity index is 1.68. The van der Waals surface area contributed by atoms with Gasteiger partial charge in [-0.25, -0.2) is 0 Å². The van der Waals surface area contributed by atoms with Crippen LogP contribution in [0.4, 0.5) is 11.4 Å². The molecule has 3 heterocycles. The number of anilines is 2. The van der Waals surface area contributed by atoms with Crippen LogP contribution in [-0.2, 0) is 11.2 Å². The van der Waals surface area contributed by atoms with Crippen molar-refractivity contribution in [1.82, 2.24) is 10.2 Å². The van der Waals surface area contributed by atoms with E-state index in [0.717, 1.165) is 59.6 Å². The second-order valence-corrected chi connectivity index (χ2v) is 10.8. The van der Waals surface area contributed by atoms with Gasteiger partial charge in [0.05, 0.1) is 17.3 Å².